The number of thioether (sulfide) groups is 2. The second-order valence-electron chi connectivity index (χ2n) is 7.16. The number of rotatable bonds is 11. The van der Waals surface area contributed by atoms with Gasteiger partial charge in [-0.05, 0) is 37.3 Å². The first-order valence-corrected chi connectivity index (χ1v) is 13.6. The number of anilines is 1. The molecule has 4 aromatic rings. The van der Waals surface area contributed by atoms with E-state index in [0.717, 1.165) is 15.4 Å². The number of amides is 1. The van der Waals surface area contributed by atoms with Gasteiger partial charge in [0.15, 0.2) is 10.3 Å². The molecule has 180 valence electrons. The van der Waals surface area contributed by atoms with Crippen molar-refractivity contribution < 1.29 is 14.3 Å². The zero-order valence-electron chi connectivity index (χ0n) is 19.0. The van der Waals surface area contributed by atoms with Gasteiger partial charge in [-0.25, -0.2) is 9.78 Å². The Balaban J connectivity index is 1.37. The summed E-state index contributed by atoms with van der Waals surface area (Å²) in [6.45, 7) is 6.46. The van der Waals surface area contributed by atoms with Gasteiger partial charge in [-0.2, -0.15) is 0 Å². The molecule has 2 aromatic heterocycles. The highest BCUT2D eigenvalue weighted by Crippen LogP contribution is 2.28. The highest BCUT2D eigenvalue weighted by molar-refractivity contribution is 7.99. The smallest absolute Gasteiger partial charge is 0.338 e. The fourth-order valence-electron chi connectivity index (χ4n) is 3.11. The fraction of sp³-hybridized carbons (Fsp3) is 0.208. The number of hydrogen-bond donors (Lipinski definition) is 1. The second kappa shape index (κ2) is 12.0. The summed E-state index contributed by atoms with van der Waals surface area (Å²) in [6.07, 6.45) is 1.79. The van der Waals surface area contributed by atoms with E-state index >= 15 is 0 Å². The van der Waals surface area contributed by atoms with Gasteiger partial charge in [0, 0.05) is 11.4 Å². The third-order valence-electron chi connectivity index (χ3n) is 4.69. The molecular weight excluding hydrogens is 502 g/mol. The Morgan fingerprint density at radius 1 is 1.17 bits per heavy atom. The van der Waals surface area contributed by atoms with E-state index in [9.17, 15) is 9.59 Å². The van der Waals surface area contributed by atoms with Crippen LogP contribution in [0, 0.1) is 0 Å². The van der Waals surface area contributed by atoms with E-state index in [0.29, 0.717) is 40.3 Å². The molecule has 0 aliphatic carbocycles. The minimum Gasteiger partial charge on any atom is -0.462 e. The van der Waals surface area contributed by atoms with Crippen LogP contribution in [0.1, 0.15) is 23.1 Å². The van der Waals surface area contributed by atoms with Gasteiger partial charge < -0.3 is 14.6 Å². The Labute approximate surface area is 215 Å². The first-order chi connectivity index (χ1) is 17.1. The molecular formula is C24H23N5O3S3. The molecule has 0 spiro atoms. The van der Waals surface area contributed by atoms with Gasteiger partial charge in [0.1, 0.15) is 5.82 Å². The summed E-state index contributed by atoms with van der Waals surface area (Å²) in [5.41, 5.74) is 1.16. The molecule has 11 heteroatoms. The molecule has 0 bridgehead atoms. The third-order valence-corrected chi connectivity index (χ3v) is 7.60. The summed E-state index contributed by atoms with van der Waals surface area (Å²) >= 11 is 4.30. The summed E-state index contributed by atoms with van der Waals surface area (Å²) in [6, 6.07) is 15.2. The zero-order chi connectivity index (χ0) is 24.6. The van der Waals surface area contributed by atoms with Gasteiger partial charge in [0.2, 0.25) is 5.91 Å². The highest BCUT2D eigenvalue weighted by Gasteiger charge is 2.16. The lowest BCUT2D eigenvalue weighted by atomic mass is 10.2. The lowest BCUT2D eigenvalue weighted by molar-refractivity contribution is -0.113. The van der Waals surface area contributed by atoms with Crippen molar-refractivity contribution in [2.45, 2.75) is 29.3 Å². The van der Waals surface area contributed by atoms with E-state index in [4.69, 9.17) is 4.74 Å². The number of carbonyl (C=O) groups is 2. The van der Waals surface area contributed by atoms with Gasteiger partial charge in [-0.3, -0.25) is 4.79 Å². The molecule has 0 saturated carbocycles. The lowest BCUT2D eigenvalue weighted by Crippen LogP contribution is -2.14. The van der Waals surface area contributed by atoms with E-state index in [1.54, 1.807) is 43.0 Å². The molecule has 1 amide bonds. The fourth-order valence-corrected chi connectivity index (χ4v) is 5.66. The van der Waals surface area contributed by atoms with Crippen LogP contribution in [-0.2, 0) is 21.8 Å². The number of ether oxygens (including phenoxy) is 1. The van der Waals surface area contributed by atoms with Crippen molar-refractivity contribution in [3.8, 4) is 0 Å². The van der Waals surface area contributed by atoms with E-state index in [2.05, 4.69) is 39.2 Å². The van der Waals surface area contributed by atoms with Crippen molar-refractivity contribution in [1.82, 2.24) is 19.7 Å². The first-order valence-electron chi connectivity index (χ1n) is 10.8. The molecule has 0 aliphatic rings. The highest BCUT2D eigenvalue weighted by atomic mass is 32.2. The Bertz CT molecular complexity index is 1340. The molecule has 2 aromatic carbocycles. The van der Waals surface area contributed by atoms with Crippen LogP contribution in [0.2, 0.25) is 0 Å². The number of nitrogens with zero attached hydrogens (tertiary/aromatic N) is 4. The van der Waals surface area contributed by atoms with Gasteiger partial charge in [-0.15, -0.1) is 28.5 Å². The molecule has 35 heavy (non-hydrogen) atoms. The van der Waals surface area contributed by atoms with Gasteiger partial charge >= 0.3 is 5.97 Å². The Kier molecular flexibility index (Phi) is 8.56. The van der Waals surface area contributed by atoms with E-state index in [1.807, 2.05) is 22.8 Å². The molecule has 0 saturated heterocycles. The summed E-state index contributed by atoms with van der Waals surface area (Å²) in [5.74, 6) is 1.07. The average Bonchev–Trinajstić information content (AvgIpc) is 3.45. The van der Waals surface area contributed by atoms with Crippen LogP contribution in [0.4, 0.5) is 5.13 Å². The zero-order valence-corrected chi connectivity index (χ0v) is 21.4. The van der Waals surface area contributed by atoms with Crippen LogP contribution in [0.5, 0.6) is 0 Å². The molecule has 8 nitrogen and oxygen atoms in total. The van der Waals surface area contributed by atoms with Crippen molar-refractivity contribution in [2.75, 3.05) is 17.7 Å². The van der Waals surface area contributed by atoms with Crippen molar-refractivity contribution in [3.63, 3.8) is 0 Å². The second-order valence-corrected chi connectivity index (χ2v) is 10.2. The maximum Gasteiger partial charge on any atom is 0.338 e. The molecule has 0 atom stereocenters. The summed E-state index contributed by atoms with van der Waals surface area (Å²) in [5, 5.41) is 12.6. The summed E-state index contributed by atoms with van der Waals surface area (Å²) < 4.78 is 7.80. The van der Waals surface area contributed by atoms with E-state index < -0.39 is 0 Å². The number of fused-ring (bicyclic) bond motifs is 1. The largest absolute Gasteiger partial charge is 0.462 e. The lowest BCUT2D eigenvalue weighted by Gasteiger charge is -2.07. The number of esters is 1. The van der Waals surface area contributed by atoms with Crippen molar-refractivity contribution in [3.05, 3.63) is 72.6 Å². The molecule has 0 aliphatic heterocycles. The van der Waals surface area contributed by atoms with Crippen LogP contribution in [-0.4, -0.2) is 44.0 Å². The normalized spacial score (nSPS) is 10.9. The maximum absolute atomic E-state index is 12.6. The van der Waals surface area contributed by atoms with Crippen LogP contribution in [0.15, 0.2) is 71.2 Å². The molecule has 1 N–H and O–H groups in total. The number of thiazole rings is 1. The van der Waals surface area contributed by atoms with E-state index in [-0.39, 0.29) is 17.6 Å². The first kappa shape index (κ1) is 25.0. The van der Waals surface area contributed by atoms with Crippen molar-refractivity contribution >= 4 is 62.1 Å². The van der Waals surface area contributed by atoms with E-state index in [1.165, 1.54) is 23.1 Å². The Morgan fingerprint density at radius 3 is 2.77 bits per heavy atom. The van der Waals surface area contributed by atoms with Crippen LogP contribution < -0.4 is 5.32 Å². The number of carbonyl (C=O) groups excluding carboxylic acids is 2. The molecule has 0 unspecified atom stereocenters. The van der Waals surface area contributed by atoms with Gasteiger partial charge in [-0.1, -0.05) is 47.4 Å². The van der Waals surface area contributed by atoms with Crippen LogP contribution in [0.25, 0.3) is 10.2 Å². The predicted molar refractivity (Wildman–Crippen MR) is 141 cm³/mol. The molecule has 0 radical (unpaired) electrons. The molecule has 0 fully saturated rings. The quantitative estimate of drug-likeness (QED) is 0.161. The van der Waals surface area contributed by atoms with Crippen LogP contribution >= 0.6 is 34.9 Å². The molecule has 4 rings (SSSR count). The summed E-state index contributed by atoms with van der Waals surface area (Å²) in [4.78, 5) is 30.1. The number of hydrogen-bond acceptors (Lipinski definition) is 9. The minimum atomic E-state index is -0.380. The average molecular weight is 526 g/mol. The minimum absolute atomic E-state index is 0.158. The Morgan fingerprint density at radius 2 is 2.00 bits per heavy atom. The molecule has 2 heterocycles. The van der Waals surface area contributed by atoms with Crippen molar-refractivity contribution in [2.24, 2.45) is 0 Å². The topological polar surface area (TPSA) is 99.0 Å². The maximum atomic E-state index is 12.6. The monoisotopic (exact) mass is 525 g/mol. The van der Waals surface area contributed by atoms with Gasteiger partial charge in [0.25, 0.3) is 0 Å². The third kappa shape index (κ3) is 6.50. The van der Waals surface area contributed by atoms with Gasteiger partial charge in [0.05, 0.1) is 33.9 Å². The Hall–Kier alpha value is -3.15. The number of benzene rings is 2. The number of aromatic nitrogens is 4. The SMILES string of the molecule is C=CCn1c(CSc2ccccc2)nnc1SCC(=O)Nc1nc2ccc(C(=O)OCC)cc2s1. The standard InChI is InChI=1S/C24H23N5O3S3/c1-3-12-29-20(14-33-17-8-6-5-7-9-17)27-28-24(29)34-15-21(30)26-23-25-18-11-10-16(13-19(18)35-23)22(31)32-4-2/h3,5-11,13H,1,4,12,14-15H2,2H3,(H,25,26,30). The number of allylic oxidation sites excluding steroid dienone is 1. The number of nitrogens with one attached hydrogen (secondary N) is 1. The van der Waals surface area contributed by atoms with Crippen LogP contribution in [0.3, 0.4) is 0 Å². The summed E-state index contributed by atoms with van der Waals surface area (Å²) in [7, 11) is 0. The van der Waals surface area contributed by atoms with Crippen molar-refractivity contribution in [1.29, 1.82) is 0 Å². The predicted octanol–water partition coefficient (Wildman–Crippen LogP) is 5.27.